The van der Waals surface area contributed by atoms with Crippen LogP contribution in [0.4, 0.5) is 5.69 Å². The van der Waals surface area contributed by atoms with Crippen LogP contribution in [0.3, 0.4) is 0 Å². The van der Waals surface area contributed by atoms with Crippen molar-refractivity contribution in [1.29, 1.82) is 0 Å². The van der Waals surface area contributed by atoms with Crippen LogP contribution in [0.2, 0.25) is 0 Å². The van der Waals surface area contributed by atoms with Crippen molar-refractivity contribution in [1.82, 2.24) is 0 Å². The molecule has 2 aromatic rings. The van der Waals surface area contributed by atoms with Gasteiger partial charge >= 0.3 is 5.97 Å². The Morgan fingerprint density at radius 2 is 1.65 bits per heavy atom. The molecule has 1 aliphatic heterocycles. The van der Waals surface area contributed by atoms with E-state index in [1.165, 1.54) is 5.56 Å². The molecule has 0 bridgehead atoms. The molecule has 1 atom stereocenters. The smallest absolute Gasteiger partial charge is 0.316 e. The highest BCUT2D eigenvalue weighted by atomic mass is 16.5. The highest BCUT2D eigenvalue weighted by molar-refractivity contribution is 5.99. The van der Waals surface area contributed by atoms with E-state index in [1.807, 2.05) is 55.5 Å². The highest BCUT2D eigenvalue weighted by Crippen LogP contribution is 2.28. The van der Waals surface area contributed by atoms with Gasteiger partial charge in [0.1, 0.15) is 5.75 Å². The molecule has 0 spiro atoms. The number of hydrogen-bond donors (Lipinski definition) is 0. The first-order chi connectivity index (χ1) is 12.2. The number of carbonyl (C=O) groups excluding carboxylic acids is 2. The summed E-state index contributed by atoms with van der Waals surface area (Å²) in [5.74, 6) is -0.314. The van der Waals surface area contributed by atoms with E-state index >= 15 is 0 Å². The van der Waals surface area contributed by atoms with Gasteiger partial charge < -0.3 is 9.64 Å². The van der Waals surface area contributed by atoms with Gasteiger partial charge in [0, 0.05) is 18.7 Å². The fraction of sp³-hybridized carbons (Fsp3) is 0.364. The number of anilines is 1. The number of amides is 1. The van der Waals surface area contributed by atoms with Crippen LogP contribution in [0.15, 0.2) is 48.5 Å². The number of nitrogens with zero attached hydrogens (tertiary/aromatic N) is 1. The van der Waals surface area contributed by atoms with Crippen molar-refractivity contribution >= 4 is 17.6 Å². The van der Waals surface area contributed by atoms with Crippen molar-refractivity contribution in [3.8, 4) is 5.75 Å². The maximum Gasteiger partial charge on any atom is 0.316 e. The van der Waals surface area contributed by atoms with Crippen molar-refractivity contribution in [3.63, 3.8) is 0 Å². The van der Waals surface area contributed by atoms with E-state index in [2.05, 4.69) is 20.8 Å². The summed E-state index contributed by atoms with van der Waals surface area (Å²) in [4.78, 5) is 26.4. The first kappa shape index (κ1) is 18.2. The van der Waals surface area contributed by atoms with Crippen LogP contribution in [0, 0.1) is 12.8 Å². The highest BCUT2D eigenvalue weighted by Gasteiger charge is 2.36. The normalized spacial score (nSPS) is 17.5. The minimum absolute atomic E-state index is 0.0427. The molecule has 0 radical (unpaired) electrons. The Balaban J connectivity index is 1.65. The third-order valence-electron chi connectivity index (χ3n) is 4.74. The summed E-state index contributed by atoms with van der Waals surface area (Å²) in [6, 6.07) is 15.3. The molecule has 0 aromatic heterocycles. The van der Waals surface area contributed by atoms with Crippen LogP contribution in [-0.4, -0.2) is 18.4 Å². The number of carbonyl (C=O) groups is 2. The molecule has 1 fully saturated rings. The first-order valence-electron chi connectivity index (χ1n) is 8.93. The van der Waals surface area contributed by atoms with Crippen molar-refractivity contribution in [2.24, 2.45) is 5.92 Å². The summed E-state index contributed by atoms with van der Waals surface area (Å²) in [6.07, 6.45) is 0.187. The second-order valence-corrected chi connectivity index (χ2v) is 7.94. The van der Waals surface area contributed by atoms with E-state index in [0.717, 1.165) is 11.3 Å². The minimum atomic E-state index is -0.439. The van der Waals surface area contributed by atoms with Gasteiger partial charge in [0.25, 0.3) is 0 Å². The van der Waals surface area contributed by atoms with Gasteiger partial charge in [0.2, 0.25) is 5.91 Å². The molecule has 1 aliphatic rings. The predicted octanol–water partition coefficient (Wildman–Crippen LogP) is 4.25. The van der Waals surface area contributed by atoms with Gasteiger partial charge in [0.05, 0.1) is 5.92 Å². The number of ether oxygens (including phenoxy) is 1. The molecule has 1 heterocycles. The molecule has 1 amide bonds. The number of aryl methyl sites for hydroxylation is 1. The van der Waals surface area contributed by atoms with Crippen molar-refractivity contribution in [3.05, 3.63) is 59.7 Å². The van der Waals surface area contributed by atoms with Gasteiger partial charge in [-0.05, 0) is 42.2 Å². The molecular weight excluding hydrogens is 326 g/mol. The van der Waals surface area contributed by atoms with E-state index < -0.39 is 5.92 Å². The maximum atomic E-state index is 12.5. The van der Waals surface area contributed by atoms with Crippen LogP contribution in [0.25, 0.3) is 0 Å². The van der Waals surface area contributed by atoms with Crippen molar-refractivity contribution in [2.75, 3.05) is 11.4 Å². The number of esters is 1. The van der Waals surface area contributed by atoms with Crippen LogP contribution in [0.1, 0.15) is 38.3 Å². The molecule has 0 unspecified atom stereocenters. The summed E-state index contributed by atoms with van der Waals surface area (Å²) in [5, 5.41) is 0. The molecule has 3 rings (SSSR count). The molecule has 2 aromatic carbocycles. The summed E-state index contributed by atoms with van der Waals surface area (Å²) >= 11 is 0. The van der Waals surface area contributed by atoms with Gasteiger partial charge in [-0.15, -0.1) is 0 Å². The third-order valence-corrected chi connectivity index (χ3v) is 4.74. The SMILES string of the molecule is Cc1ccc(N2C[C@H](C(=O)Oc3ccc(C(C)(C)C)cc3)CC2=O)cc1. The lowest BCUT2D eigenvalue weighted by Gasteiger charge is -2.19. The summed E-state index contributed by atoms with van der Waals surface area (Å²) in [5.41, 5.74) is 3.19. The van der Waals surface area contributed by atoms with Crippen molar-refractivity contribution in [2.45, 2.75) is 39.5 Å². The van der Waals surface area contributed by atoms with Gasteiger partial charge in [-0.3, -0.25) is 9.59 Å². The molecule has 0 aliphatic carbocycles. The Hall–Kier alpha value is -2.62. The third kappa shape index (κ3) is 3.96. The quantitative estimate of drug-likeness (QED) is 0.613. The van der Waals surface area contributed by atoms with Crippen LogP contribution in [-0.2, 0) is 15.0 Å². The van der Waals surface area contributed by atoms with Crippen LogP contribution < -0.4 is 9.64 Å². The van der Waals surface area contributed by atoms with Crippen LogP contribution >= 0.6 is 0 Å². The zero-order chi connectivity index (χ0) is 18.9. The Morgan fingerprint density at radius 1 is 1.04 bits per heavy atom. The molecule has 1 saturated heterocycles. The zero-order valence-corrected chi connectivity index (χ0v) is 15.8. The van der Waals surface area contributed by atoms with Gasteiger partial charge in [0.15, 0.2) is 0 Å². The van der Waals surface area contributed by atoms with E-state index in [0.29, 0.717) is 12.3 Å². The Labute approximate surface area is 154 Å². The van der Waals surface area contributed by atoms with Gasteiger partial charge in [-0.1, -0.05) is 50.6 Å². The maximum absolute atomic E-state index is 12.5. The monoisotopic (exact) mass is 351 g/mol. The Kier molecular flexibility index (Phi) is 4.86. The fourth-order valence-electron chi connectivity index (χ4n) is 3.06. The second kappa shape index (κ2) is 6.94. The van der Waals surface area contributed by atoms with Crippen LogP contribution in [0.5, 0.6) is 5.75 Å². The second-order valence-electron chi connectivity index (χ2n) is 7.94. The lowest BCUT2D eigenvalue weighted by Crippen LogP contribution is -2.27. The fourth-order valence-corrected chi connectivity index (χ4v) is 3.06. The number of hydrogen-bond acceptors (Lipinski definition) is 3. The Morgan fingerprint density at radius 3 is 2.23 bits per heavy atom. The van der Waals surface area contributed by atoms with Gasteiger partial charge in [-0.2, -0.15) is 0 Å². The zero-order valence-electron chi connectivity index (χ0n) is 15.8. The van der Waals surface area contributed by atoms with E-state index in [9.17, 15) is 9.59 Å². The lowest BCUT2D eigenvalue weighted by atomic mass is 9.87. The lowest BCUT2D eigenvalue weighted by molar-refractivity contribution is -0.139. The summed E-state index contributed by atoms with van der Waals surface area (Å²) in [7, 11) is 0. The molecular formula is C22H25NO3. The average molecular weight is 351 g/mol. The predicted molar refractivity (Wildman–Crippen MR) is 102 cm³/mol. The van der Waals surface area contributed by atoms with E-state index in [4.69, 9.17) is 4.74 Å². The van der Waals surface area contributed by atoms with E-state index in [1.54, 1.807) is 4.90 Å². The molecule has 4 heteroatoms. The summed E-state index contributed by atoms with van der Waals surface area (Å²) < 4.78 is 5.50. The number of rotatable bonds is 3. The molecule has 26 heavy (non-hydrogen) atoms. The molecule has 136 valence electrons. The standard InChI is InChI=1S/C22H25NO3/c1-15-5-9-18(10-6-15)23-14-16(13-20(23)24)21(25)26-19-11-7-17(8-12-19)22(2,3)4/h5-12,16H,13-14H2,1-4H3/t16-/m1/s1. The summed E-state index contributed by atoms with van der Waals surface area (Å²) in [6.45, 7) is 8.77. The molecule has 0 saturated carbocycles. The van der Waals surface area contributed by atoms with Crippen molar-refractivity contribution < 1.29 is 14.3 Å². The average Bonchev–Trinajstić information content (AvgIpc) is 2.97. The minimum Gasteiger partial charge on any atom is -0.426 e. The Bertz CT molecular complexity index is 801. The molecule has 4 nitrogen and oxygen atoms in total. The van der Waals surface area contributed by atoms with E-state index in [-0.39, 0.29) is 23.7 Å². The molecule has 0 N–H and O–H groups in total. The van der Waals surface area contributed by atoms with Gasteiger partial charge in [-0.25, -0.2) is 0 Å². The largest absolute Gasteiger partial charge is 0.426 e. The number of benzene rings is 2. The first-order valence-corrected chi connectivity index (χ1v) is 8.93. The topological polar surface area (TPSA) is 46.6 Å².